The molecule has 0 saturated heterocycles. The molecule has 0 unspecified atom stereocenters. The van der Waals surface area contributed by atoms with Crippen molar-refractivity contribution in [2.24, 2.45) is 0 Å². The number of rotatable bonds is 4. The molecule has 1 heterocycles. The fourth-order valence-corrected chi connectivity index (χ4v) is 1.94. The van der Waals surface area contributed by atoms with Crippen molar-refractivity contribution in [1.29, 1.82) is 0 Å². The number of hydrogen-bond donors (Lipinski definition) is 2. The molecule has 1 amide bonds. The van der Waals surface area contributed by atoms with Gasteiger partial charge in [0.15, 0.2) is 0 Å². The Morgan fingerprint density at radius 3 is 2.89 bits per heavy atom. The van der Waals surface area contributed by atoms with Gasteiger partial charge in [-0.05, 0) is 24.6 Å². The van der Waals surface area contributed by atoms with Crippen LogP contribution in [0.4, 0.5) is 8.78 Å². The van der Waals surface area contributed by atoms with Crippen molar-refractivity contribution in [2.75, 3.05) is 19.6 Å². The third kappa shape index (κ3) is 4.13. The van der Waals surface area contributed by atoms with E-state index in [0.717, 1.165) is 31.6 Å². The van der Waals surface area contributed by atoms with Crippen molar-refractivity contribution in [3.63, 3.8) is 0 Å². The molecule has 3 nitrogen and oxygen atoms in total. The molecule has 1 aliphatic rings. The third-order valence-electron chi connectivity index (χ3n) is 3.04. The van der Waals surface area contributed by atoms with Gasteiger partial charge in [-0.2, -0.15) is 0 Å². The lowest BCUT2D eigenvalue weighted by Gasteiger charge is -2.14. The van der Waals surface area contributed by atoms with Crippen molar-refractivity contribution in [2.45, 2.75) is 12.8 Å². The minimum absolute atomic E-state index is 0.0718. The summed E-state index contributed by atoms with van der Waals surface area (Å²) < 4.78 is 26.1. The van der Waals surface area contributed by atoms with Gasteiger partial charge in [-0.1, -0.05) is 17.7 Å². The topological polar surface area (TPSA) is 41.1 Å². The van der Waals surface area contributed by atoms with Gasteiger partial charge in [-0.25, -0.2) is 8.78 Å². The average Bonchev–Trinajstić information content (AvgIpc) is 2.41. The van der Waals surface area contributed by atoms with Gasteiger partial charge in [0.2, 0.25) is 5.91 Å². The predicted octanol–water partition coefficient (Wildman–Crippen LogP) is 1.54. The van der Waals surface area contributed by atoms with Crippen LogP contribution >= 0.6 is 0 Å². The van der Waals surface area contributed by atoms with Crippen LogP contribution in [-0.2, 0) is 11.2 Å². The molecule has 5 heteroatoms. The zero-order valence-electron chi connectivity index (χ0n) is 10.5. The Balaban J connectivity index is 1.85. The second-order valence-corrected chi connectivity index (χ2v) is 4.51. The number of nitrogens with one attached hydrogen (secondary N) is 2. The molecule has 19 heavy (non-hydrogen) atoms. The highest BCUT2D eigenvalue weighted by Crippen LogP contribution is 2.10. The highest BCUT2D eigenvalue weighted by Gasteiger charge is 2.10. The molecule has 1 aliphatic heterocycles. The van der Waals surface area contributed by atoms with Crippen LogP contribution in [0, 0.1) is 11.6 Å². The quantitative estimate of drug-likeness (QED) is 0.812. The Labute approximate surface area is 110 Å². The number of benzene rings is 1. The molecule has 0 spiro atoms. The van der Waals surface area contributed by atoms with Crippen LogP contribution in [0.15, 0.2) is 29.8 Å². The zero-order chi connectivity index (χ0) is 13.7. The van der Waals surface area contributed by atoms with Crippen LogP contribution in [0.3, 0.4) is 0 Å². The smallest absolute Gasteiger partial charge is 0.224 e. The molecule has 1 aromatic carbocycles. The molecule has 0 atom stereocenters. The maximum absolute atomic E-state index is 13.4. The van der Waals surface area contributed by atoms with Gasteiger partial charge < -0.3 is 10.6 Å². The third-order valence-corrected chi connectivity index (χ3v) is 3.04. The van der Waals surface area contributed by atoms with Crippen LogP contribution in [0.1, 0.15) is 12.0 Å². The van der Waals surface area contributed by atoms with E-state index < -0.39 is 11.6 Å². The summed E-state index contributed by atoms with van der Waals surface area (Å²) in [6.07, 6.45) is 2.88. The van der Waals surface area contributed by atoms with Crippen molar-refractivity contribution < 1.29 is 13.6 Å². The van der Waals surface area contributed by atoms with E-state index in [-0.39, 0.29) is 17.9 Å². The van der Waals surface area contributed by atoms with E-state index in [0.29, 0.717) is 6.54 Å². The second kappa shape index (κ2) is 6.43. The molecule has 0 aromatic heterocycles. The summed E-state index contributed by atoms with van der Waals surface area (Å²) >= 11 is 0. The largest absolute Gasteiger partial charge is 0.352 e. The molecule has 0 aliphatic carbocycles. The van der Waals surface area contributed by atoms with Crippen LogP contribution in [0.2, 0.25) is 0 Å². The molecule has 2 rings (SSSR count). The number of carbonyl (C=O) groups is 1. The highest BCUT2D eigenvalue weighted by atomic mass is 19.1. The molecule has 0 radical (unpaired) electrons. The van der Waals surface area contributed by atoms with Gasteiger partial charge in [0.05, 0.1) is 6.42 Å². The summed E-state index contributed by atoms with van der Waals surface area (Å²) in [6.45, 7) is 2.22. The fraction of sp³-hybridized carbons (Fsp3) is 0.357. The SMILES string of the molecule is O=C(Cc1ccc(F)cc1F)NCC1=CCNCC1. The van der Waals surface area contributed by atoms with E-state index in [1.165, 1.54) is 11.6 Å². The Morgan fingerprint density at radius 1 is 1.37 bits per heavy atom. The van der Waals surface area contributed by atoms with Crippen LogP contribution in [0.5, 0.6) is 0 Å². The molecular formula is C14H16F2N2O. The van der Waals surface area contributed by atoms with Gasteiger partial charge in [0, 0.05) is 19.2 Å². The van der Waals surface area contributed by atoms with Gasteiger partial charge >= 0.3 is 0 Å². The number of carbonyl (C=O) groups excluding carboxylic acids is 1. The molecule has 0 fully saturated rings. The van der Waals surface area contributed by atoms with Crippen molar-refractivity contribution in [3.05, 3.63) is 47.0 Å². The molecule has 102 valence electrons. The predicted molar refractivity (Wildman–Crippen MR) is 68.6 cm³/mol. The maximum atomic E-state index is 13.4. The molecule has 1 aromatic rings. The lowest BCUT2D eigenvalue weighted by Crippen LogP contribution is -2.30. The van der Waals surface area contributed by atoms with Crippen molar-refractivity contribution >= 4 is 5.91 Å². The summed E-state index contributed by atoms with van der Waals surface area (Å²) in [5, 5.41) is 5.93. The first-order valence-electron chi connectivity index (χ1n) is 6.24. The van der Waals surface area contributed by atoms with Crippen LogP contribution in [0.25, 0.3) is 0 Å². The average molecular weight is 266 g/mol. The Hall–Kier alpha value is -1.75. The van der Waals surface area contributed by atoms with E-state index in [1.807, 2.05) is 6.08 Å². The van der Waals surface area contributed by atoms with Gasteiger partial charge in [0.25, 0.3) is 0 Å². The monoisotopic (exact) mass is 266 g/mol. The second-order valence-electron chi connectivity index (χ2n) is 4.51. The highest BCUT2D eigenvalue weighted by molar-refractivity contribution is 5.78. The molecule has 0 saturated carbocycles. The lowest BCUT2D eigenvalue weighted by molar-refractivity contribution is -0.120. The van der Waals surface area contributed by atoms with E-state index in [9.17, 15) is 13.6 Å². The van der Waals surface area contributed by atoms with Crippen LogP contribution < -0.4 is 10.6 Å². The Morgan fingerprint density at radius 2 is 2.21 bits per heavy atom. The molecule has 0 bridgehead atoms. The van der Waals surface area contributed by atoms with E-state index >= 15 is 0 Å². The lowest BCUT2D eigenvalue weighted by atomic mass is 10.1. The molecule has 2 N–H and O–H groups in total. The summed E-state index contributed by atoms with van der Waals surface area (Å²) in [5.41, 5.74) is 1.38. The standard InChI is InChI=1S/C14H16F2N2O/c15-12-2-1-11(13(16)8-12)7-14(19)18-9-10-3-5-17-6-4-10/h1-3,8,17H,4-7,9H2,(H,18,19). The first-order valence-corrected chi connectivity index (χ1v) is 6.24. The number of hydrogen-bond acceptors (Lipinski definition) is 2. The number of halogens is 2. The number of amides is 1. The summed E-state index contributed by atoms with van der Waals surface area (Å²) in [4.78, 5) is 11.7. The Kier molecular flexibility index (Phi) is 4.63. The normalized spacial score (nSPS) is 14.9. The van der Waals surface area contributed by atoms with E-state index in [4.69, 9.17) is 0 Å². The Bertz CT molecular complexity index is 500. The first-order chi connectivity index (χ1) is 9.15. The van der Waals surface area contributed by atoms with E-state index in [1.54, 1.807) is 0 Å². The van der Waals surface area contributed by atoms with Crippen LogP contribution in [-0.4, -0.2) is 25.5 Å². The summed E-state index contributed by atoms with van der Waals surface area (Å²) in [5.74, 6) is -1.58. The maximum Gasteiger partial charge on any atom is 0.224 e. The van der Waals surface area contributed by atoms with Gasteiger partial charge in [-0.15, -0.1) is 0 Å². The minimum Gasteiger partial charge on any atom is -0.352 e. The molecular weight excluding hydrogens is 250 g/mol. The fourth-order valence-electron chi connectivity index (χ4n) is 1.94. The zero-order valence-corrected chi connectivity index (χ0v) is 10.5. The summed E-state index contributed by atoms with van der Waals surface area (Å²) in [7, 11) is 0. The first kappa shape index (κ1) is 13.7. The van der Waals surface area contributed by atoms with Gasteiger partial charge in [-0.3, -0.25) is 4.79 Å². The minimum atomic E-state index is -0.684. The van der Waals surface area contributed by atoms with Crippen molar-refractivity contribution in [1.82, 2.24) is 10.6 Å². The van der Waals surface area contributed by atoms with Gasteiger partial charge in [0.1, 0.15) is 11.6 Å². The summed E-state index contributed by atoms with van der Waals surface area (Å²) in [6, 6.07) is 3.24. The van der Waals surface area contributed by atoms with Crippen molar-refractivity contribution in [3.8, 4) is 0 Å². The van der Waals surface area contributed by atoms with E-state index in [2.05, 4.69) is 10.6 Å².